The van der Waals surface area contributed by atoms with E-state index in [4.69, 9.17) is 5.11 Å². The molecule has 9 heteroatoms. The normalized spacial score (nSPS) is 18.5. The number of aromatic nitrogens is 2. The maximum absolute atomic E-state index is 11.7. The monoisotopic (exact) mass is 376 g/mol. The molecule has 1 aromatic heterocycles. The summed E-state index contributed by atoms with van der Waals surface area (Å²) in [6, 6.07) is 7.98. The highest BCUT2D eigenvalue weighted by Gasteiger charge is 2.31. The smallest absolute Gasteiger partial charge is 0.335 e. The number of aromatic carboxylic acids is 1. The van der Waals surface area contributed by atoms with Crippen LogP contribution in [0, 0.1) is 6.92 Å². The van der Waals surface area contributed by atoms with Crippen molar-refractivity contribution in [2.24, 2.45) is 0 Å². The van der Waals surface area contributed by atoms with Crippen molar-refractivity contribution in [3.05, 3.63) is 41.6 Å². The molecule has 26 heavy (non-hydrogen) atoms. The second-order valence-corrected chi connectivity index (χ2v) is 8.60. The third kappa shape index (κ3) is 4.10. The minimum Gasteiger partial charge on any atom is -0.478 e. The van der Waals surface area contributed by atoms with Gasteiger partial charge in [-0.2, -0.15) is 4.98 Å². The van der Waals surface area contributed by atoms with Gasteiger partial charge in [-0.1, -0.05) is 0 Å². The molecular weight excluding hydrogens is 356 g/mol. The predicted octanol–water partition coefficient (Wildman–Crippen LogP) is 1.85. The summed E-state index contributed by atoms with van der Waals surface area (Å²) >= 11 is 0. The lowest BCUT2D eigenvalue weighted by molar-refractivity contribution is 0.0697. The molecule has 0 aliphatic carbocycles. The summed E-state index contributed by atoms with van der Waals surface area (Å²) in [4.78, 5) is 21.6. The first kappa shape index (κ1) is 18.1. The second kappa shape index (κ2) is 6.91. The van der Waals surface area contributed by atoms with E-state index in [0.717, 1.165) is 5.69 Å². The Bertz CT molecular complexity index is 928. The van der Waals surface area contributed by atoms with Crippen LogP contribution >= 0.6 is 0 Å². The van der Waals surface area contributed by atoms with Gasteiger partial charge in [0.25, 0.3) is 0 Å². The van der Waals surface area contributed by atoms with Crippen LogP contribution in [0.15, 0.2) is 30.3 Å². The van der Waals surface area contributed by atoms with E-state index in [1.54, 1.807) is 30.1 Å². The summed E-state index contributed by atoms with van der Waals surface area (Å²) < 4.78 is 23.4. The van der Waals surface area contributed by atoms with Gasteiger partial charge < -0.3 is 15.3 Å². The van der Waals surface area contributed by atoms with Gasteiger partial charge in [-0.3, -0.25) is 0 Å². The van der Waals surface area contributed by atoms with Crippen LogP contribution in [-0.2, 0) is 9.84 Å². The lowest BCUT2D eigenvalue weighted by atomic mass is 10.2. The first-order valence-electron chi connectivity index (χ1n) is 8.13. The van der Waals surface area contributed by atoms with Gasteiger partial charge in [-0.25, -0.2) is 18.2 Å². The van der Waals surface area contributed by atoms with E-state index in [0.29, 0.717) is 23.9 Å². The zero-order valence-electron chi connectivity index (χ0n) is 14.5. The number of benzene rings is 1. The molecule has 3 rings (SSSR count). The van der Waals surface area contributed by atoms with Crippen molar-refractivity contribution in [2.75, 3.05) is 28.8 Å². The summed E-state index contributed by atoms with van der Waals surface area (Å²) in [5, 5.41) is 12.1. The third-order valence-corrected chi connectivity index (χ3v) is 6.07. The van der Waals surface area contributed by atoms with Gasteiger partial charge in [0.2, 0.25) is 5.95 Å². The molecule has 2 N–H and O–H groups in total. The van der Waals surface area contributed by atoms with Gasteiger partial charge in [0.15, 0.2) is 9.84 Å². The van der Waals surface area contributed by atoms with Gasteiger partial charge in [0.1, 0.15) is 5.82 Å². The molecule has 1 aromatic carbocycles. The number of rotatable bonds is 5. The molecule has 8 nitrogen and oxygen atoms in total. The topological polar surface area (TPSA) is 112 Å². The lowest BCUT2D eigenvalue weighted by Gasteiger charge is -2.24. The van der Waals surface area contributed by atoms with Crippen molar-refractivity contribution >= 4 is 33.3 Å². The Hall–Kier alpha value is -2.68. The molecule has 1 aliphatic heterocycles. The number of sulfone groups is 1. The summed E-state index contributed by atoms with van der Waals surface area (Å²) in [6.45, 7) is 1.84. The summed E-state index contributed by atoms with van der Waals surface area (Å²) in [5.74, 6) is 0.333. The largest absolute Gasteiger partial charge is 0.478 e. The molecule has 0 bridgehead atoms. The molecule has 2 heterocycles. The predicted molar refractivity (Wildman–Crippen MR) is 98.9 cm³/mol. The number of carboxylic acid groups (broad SMARTS) is 1. The molecule has 1 unspecified atom stereocenters. The van der Waals surface area contributed by atoms with Crippen LogP contribution < -0.4 is 10.2 Å². The lowest BCUT2D eigenvalue weighted by Crippen LogP contribution is -2.34. The highest BCUT2D eigenvalue weighted by atomic mass is 32.2. The first-order valence-corrected chi connectivity index (χ1v) is 9.95. The summed E-state index contributed by atoms with van der Waals surface area (Å²) in [5.41, 5.74) is 1.65. The van der Waals surface area contributed by atoms with Gasteiger partial charge in [-0.15, -0.1) is 0 Å². The maximum Gasteiger partial charge on any atom is 0.335 e. The number of carboxylic acids is 1. The van der Waals surface area contributed by atoms with Crippen molar-refractivity contribution in [1.82, 2.24) is 9.97 Å². The van der Waals surface area contributed by atoms with Crippen molar-refractivity contribution in [2.45, 2.75) is 19.4 Å². The molecule has 1 fully saturated rings. The Labute approximate surface area is 151 Å². The average Bonchev–Trinajstić information content (AvgIpc) is 2.94. The fraction of sp³-hybridized carbons (Fsp3) is 0.353. The quantitative estimate of drug-likeness (QED) is 0.813. The number of carbonyl (C=O) groups is 1. The zero-order chi connectivity index (χ0) is 18.9. The van der Waals surface area contributed by atoms with Gasteiger partial charge in [0, 0.05) is 30.5 Å². The van der Waals surface area contributed by atoms with Gasteiger partial charge in [0.05, 0.1) is 17.1 Å². The number of nitrogens with zero attached hydrogens (tertiary/aromatic N) is 3. The molecule has 0 spiro atoms. The molecule has 1 aliphatic rings. The van der Waals surface area contributed by atoms with E-state index in [2.05, 4.69) is 15.3 Å². The first-order chi connectivity index (χ1) is 12.2. The van der Waals surface area contributed by atoms with Crippen LogP contribution in [-0.4, -0.2) is 54.1 Å². The van der Waals surface area contributed by atoms with Crippen molar-refractivity contribution < 1.29 is 18.3 Å². The minimum absolute atomic E-state index is 0.111. The highest BCUT2D eigenvalue weighted by Crippen LogP contribution is 2.23. The Kier molecular flexibility index (Phi) is 4.82. The number of hydrogen-bond donors (Lipinski definition) is 2. The molecule has 138 valence electrons. The van der Waals surface area contributed by atoms with Crippen LogP contribution in [0.1, 0.15) is 22.5 Å². The molecule has 0 radical (unpaired) electrons. The van der Waals surface area contributed by atoms with E-state index in [1.165, 1.54) is 12.1 Å². The SMILES string of the molecule is Cc1cc(Nc2ccc(C(=O)O)cc2)nc(N(C)C2CCS(=O)(=O)C2)n1. The Morgan fingerprint density at radius 1 is 1.27 bits per heavy atom. The van der Waals surface area contributed by atoms with E-state index < -0.39 is 15.8 Å². The summed E-state index contributed by atoms with van der Waals surface area (Å²) in [7, 11) is -1.19. The molecule has 0 saturated carbocycles. The van der Waals surface area contributed by atoms with Crippen LogP contribution in [0.5, 0.6) is 0 Å². The Balaban J connectivity index is 1.80. The van der Waals surface area contributed by atoms with Crippen molar-refractivity contribution in [3.8, 4) is 0 Å². The molecular formula is C17H20N4O4S. The molecule has 1 saturated heterocycles. The highest BCUT2D eigenvalue weighted by molar-refractivity contribution is 7.91. The fourth-order valence-corrected chi connectivity index (χ4v) is 4.64. The number of nitrogens with one attached hydrogen (secondary N) is 1. The van der Waals surface area contributed by atoms with E-state index in [1.807, 2.05) is 6.92 Å². The Morgan fingerprint density at radius 2 is 1.96 bits per heavy atom. The number of hydrogen-bond acceptors (Lipinski definition) is 7. The molecule has 0 amide bonds. The van der Waals surface area contributed by atoms with E-state index in [9.17, 15) is 13.2 Å². The fourth-order valence-electron chi connectivity index (χ4n) is 2.86. The number of aryl methyl sites for hydroxylation is 1. The maximum atomic E-state index is 11.7. The standard InChI is InChI=1S/C17H20N4O4S/c1-11-9-15(19-13-5-3-12(4-6-13)16(22)23)20-17(18-11)21(2)14-7-8-26(24,25)10-14/h3-6,9,14H,7-8,10H2,1-2H3,(H,22,23)(H,18,19,20). The number of anilines is 3. The zero-order valence-corrected chi connectivity index (χ0v) is 15.3. The molecule has 1 atom stereocenters. The van der Waals surface area contributed by atoms with Crippen LogP contribution in [0.4, 0.5) is 17.5 Å². The third-order valence-electron chi connectivity index (χ3n) is 4.32. The van der Waals surface area contributed by atoms with Crippen LogP contribution in [0.25, 0.3) is 0 Å². The molecule has 2 aromatic rings. The van der Waals surface area contributed by atoms with Crippen LogP contribution in [0.2, 0.25) is 0 Å². The van der Waals surface area contributed by atoms with E-state index in [-0.39, 0.29) is 23.1 Å². The Morgan fingerprint density at radius 3 is 2.54 bits per heavy atom. The average molecular weight is 376 g/mol. The van der Waals surface area contributed by atoms with Gasteiger partial charge in [-0.05, 0) is 37.6 Å². The van der Waals surface area contributed by atoms with Crippen molar-refractivity contribution in [3.63, 3.8) is 0 Å². The minimum atomic E-state index is -2.99. The van der Waals surface area contributed by atoms with E-state index >= 15 is 0 Å². The van der Waals surface area contributed by atoms with Crippen LogP contribution in [0.3, 0.4) is 0 Å². The summed E-state index contributed by atoms with van der Waals surface area (Å²) in [6.07, 6.45) is 0.565. The van der Waals surface area contributed by atoms with Crippen molar-refractivity contribution in [1.29, 1.82) is 0 Å². The van der Waals surface area contributed by atoms with Gasteiger partial charge >= 0.3 is 5.97 Å². The second-order valence-electron chi connectivity index (χ2n) is 6.37.